The molecule has 19 heavy (non-hydrogen) atoms. The van der Waals surface area contributed by atoms with E-state index in [0.717, 1.165) is 18.4 Å². The number of rotatable bonds is 7. The minimum atomic E-state index is -0.0834. The summed E-state index contributed by atoms with van der Waals surface area (Å²) in [6.45, 7) is 6.07. The van der Waals surface area contributed by atoms with E-state index < -0.39 is 0 Å². The number of hydrogen-bond donors (Lipinski definition) is 2. The fourth-order valence-electron chi connectivity index (χ4n) is 1.80. The zero-order valence-electron chi connectivity index (χ0n) is 12.0. The molecule has 0 fully saturated rings. The Morgan fingerprint density at radius 2 is 2.05 bits per heavy atom. The predicted octanol–water partition coefficient (Wildman–Crippen LogP) is 2.39. The molecular formula is C15H24N2O2. The van der Waals surface area contributed by atoms with Gasteiger partial charge in [0, 0.05) is 12.1 Å². The van der Waals surface area contributed by atoms with Gasteiger partial charge in [0.05, 0.1) is 0 Å². The number of benzene rings is 1. The SMILES string of the molecule is CCC(CC)NC(=O)COc1cccc(C(C)N)c1. The molecule has 1 unspecified atom stereocenters. The van der Waals surface area contributed by atoms with Gasteiger partial charge in [-0.2, -0.15) is 0 Å². The van der Waals surface area contributed by atoms with Crippen molar-refractivity contribution in [2.45, 2.75) is 45.7 Å². The van der Waals surface area contributed by atoms with Crippen molar-refractivity contribution in [3.63, 3.8) is 0 Å². The molecule has 0 aliphatic heterocycles. The Morgan fingerprint density at radius 1 is 1.37 bits per heavy atom. The second-order valence-electron chi connectivity index (χ2n) is 4.73. The minimum Gasteiger partial charge on any atom is -0.484 e. The van der Waals surface area contributed by atoms with E-state index in [-0.39, 0.29) is 24.6 Å². The molecule has 1 aromatic rings. The minimum absolute atomic E-state index is 0.0399. The van der Waals surface area contributed by atoms with Gasteiger partial charge in [0.2, 0.25) is 0 Å². The average Bonchev–Trinajstić information content (AvgIpc) is 2.42. The third-order valence-corrected chi connectivity index (χ3v) is 3.10. The van der Waals surface area contributed by atoms with Crippen LogP contribution in [0.1, 0.15) is 45.2 Å². The molecule has 3 N–H and O–H groups in total. The van der Waals surface area contributed by atoms with Gasteiger partial charge < -0.3 is 15.8 Å². The van der Waals surface area contributed by atoms with Crippen LogP contribution in [0.15, 0.2) is 24.3 Å². The van der Waals surface area contributed by atoms with Gasteiger partial charge >= 0.3 is 0 Å². The summed E-state index contributed by atoms with van der Waals surface area (Å²) in [5, 5.41) is 2.94. The summed E-state index contributed by atoms with van der Waals surface area (Å²) in [5.41, 5.74) is 6.80. The van der Waals surface area contributed by atoms with Crippen LogP contribution in [0.25, 0.3) is 0 Å². The molecule has 0 saturated heterocycles. The van der Waals surface area contributed by atoms with Crippen molar-refractivity contribution in [3.05, 3.63) is 29.8 Å². The van der Waals surface area contributed by atoms with Crippen LogP contribution in [0.5, 0.6) is 5.75 Å². The highest BCUT2D eigenvalue weighted by Gasteiger charge is 2.09. The van der Waals surface area contributed by atoms with E-state index in [1.165, 1.54) is 0 Å². The van der Waals surface area contributed by atoms with Gasteiger partial charge in [-0.3, -0.25) is 4.79 Å². The van der Waals surface area contributed by atoms with Crippen LogP contribution in [-0.4, -0.2) is 18.6 Å². The van der Waals surface area contributed by atoms with Gasteiger partial charge in [0.15, 0.2) is 6.61 Å². The van der Waals surface area contributed by atoms with E-state index in [2.05, 4.69) is 19.2 Å². The second-order valence-corrected chi connectivity index (χ2v) is 4.73. The summed E-state index contributed by atoms with van der Waals surface area (Å²) in [4.78, 5) is 11.7. The van der Waals surface area contributed by atoms with Crippen LogP contribution in [0.3, 0.4) is 0 Å². The van der Waals surface area contributed by atoms with Crippen LogP contribution in [-0.2, 0) is 4.79 Å². The van der Waals surface area contributed by atoms with Gasteiger partial charge in [0.25, 0.3) is 5.91 Å². The first-order chi connectivity index (χ1) is 9.06. The van der Waals surface area contributed by atoms with Gasteiger partial charge in [-0.1, -0.05) is 26.0 Å². The van der Waals surface area contributed by atoms with Crippen LogP contribution < -0.4 is 15.8 Å². The maximum Gasteiger partial charge on any atom is 0.258 e. The van der Waals surface area contributed by atoms with E-state index in [9.17, 15) is 4.79 Å². The van der Waals surface area contributed by atoms with Crippen molar-refractivity contribution in [2.75, 3.05) is 6.61 Å². The Kier molecular flexibility index (Phi) is 6.36. The fraction of sp³-hybridized carbons (Fsp3) is 0.533. The molecule has 0 saturated carbocycles. The Morgan fingerprint density at radius 3 is 2.63 bits per heavy atom. The molecule has 0 radical (unpaired) electrons. The van der Waals surface area contributed by atoms with E-state index in [0.29, 0.717) is 5.75 Å². The van der Waals surface area contributed by atoms with Crippen LogP contribution in [0.2, 0.25) is 0 Å². The lowest BCUT2D eigenvalue weighted by Gasteiger charge is -2.15. The molecule has 1 rings (SSSR count). The van der Waals surface area contributed by atoms with Crippen LogP contribution in [0, 0.1) is 0 Å². The number of carbonyl (C=O) groups excluding carboxylic acids is 1. The van der Waals surface area contributed by atoms with Crippen molar-refractivity contribution in [3.8, 4) is 5.75 Å². The molecule has 0 aliphatic rings. The molecule has 1 aromatic carbocycles. The number of nitrogens with two attached hydrogens (primary N) is 1. The standard InChI is InChI=1S/C15H24N2O2/c1-4-13(5-2)17-15(18)10-19-14-8-6-7-12(9-14)11(3)16/h6-9,11,13H,4-5,10,16H2,1-3H3,(H,17,18). The van der Waals surface area contributed by atoms with Gasteiger partial charge in [-0.15, -0.1) is 0 Å². The van der Waals surface area contributed by atoms with Crippen molar-refractivity contribution < 1.29 is 9.53 Å². The molecule has 1 amide bonds. The molecular weight excluding hydrogens is 240 g/mol. The number of nitrogens with one attached hydrogen (secondary N) is 1. The summed E-state index contributed by atoms with van der Waals surface area (Å²) < 4.78 is 5.48. The van der Waals surface area contributed by atoms with E-state index in [4.69, 9.17) is 10.5 Å². The third kappa shape index (κ3) is 5.30. The molecule has 0 spiro atoms. The summed E-state index contributed by atoms with van der Waals surface area (Å²) in [7, 11) is 0. The predicted molar refractivity (Wildman–Crippen MR) is 77.1 cm³/mol. The lowest BCUT2D eigenvalue weighted by molar-refractivity contribution is -0.123. The summed E-state index contributed by atoms with van der Waals surface area (Å²) in [6.07, 6.45) is 1.87. The Bertz CT molecular complexity index is 401. The molecule has 1 atom stereocenters. The number of ether oxygens (including phenoxy) is 1. The molecule has 4 heteroatoms. The monoisotopic (exact) mass is 264 g/mol. The fourth-order valence-corrected chi connectivity index (χ4v) is 1.80. The zero-order chi connectivity index (χ0) is 14.3. The van der Waals surface area contributed by atoms with Crippen molar-refractivity contribution in [1.82, 2.24) is 5.32 Å². The molecule has 4 nitrogen and oxygen atoms in total. The van der Waals surface area contributed by atoms with Crippen LogP contribution >= 0.6 is 0 Å². The van der Waals surface area contributed by atoms with Crippen molar-refractivity contribution >= 4 is 5.91 Å². The first-order valence-corrected chi connectivity index (χ1v) is 6.84. The topological polar surface area (TPSA) is 64.3 Å². The molecule has 0 heterocycles. The summed E-state index contributed by atoms with van der Waals surface area (Å²) in [5.74, 6) is 0.592. The highest BCUT2D eigenvalue weighted by atomic mass is 16.5. The number of amides is 1. The third-order valence-electron chi connectivity index (χ3n) is 3.10. The zero-order valence-corrected chi connectivity index (χ0v) is 12.0. The molecule has 0 bridgehead atoms. The van der Waals surface area contributed by atoms with E-state index in [1.54, 1.807) is 0 Å². The largest absolute Gasteiger partial charge is 0.484 e. The average molecular weight is 264 g/mol. The molecule has 0 aliphatic carbocycles. The molecule has 106 valence electrons. The highest BCUT2D eigenvalue weighted by molar-refractivity contribution is 5.77. The highest BCUT2D eigenvalue weighted by Crippen LogP contribution is 2.17. The number of carbonyl (C=O) groups is 1. The molecule has 0 aromatic heterocycles. The quantitative estimate of drug-likeness (QED) is 0.794. The van der Waals surface area contributed by atoms with E-state index in [1.807, 2.05) is 31.2 Å². The normalized spacial score (nSPS) is 12.3. The summed E-state index contributed by atoms with van der Waals surface area (Å²) >= 11 is 0. The maximum atomic E-state index is 11.7. The van der Waals surface area contributed by atoms with E-state index >= 15 is 0 Å². The van der Waals surface area contributed by atoms with Crippen LogP contribution in [0.4, 0.5) is 0 Å². The maximum absolute atomic E-state index is 11.7. The van der Waals surface area contributed by atoms with Crippen molar-refractivity contribution in [1.29, 1.82) is 0 Å². The van der Waals surface area contributed by atoms with Gasteiger partial charge in [-0.25, -0.2) is 0 Å². The first-order valence-electron chi connectivity index (χ1n) is 6.84. The lowest BCUT2D eigenvalue weighted by Crippen LogP contribution is -2.37. The van der Waals surface area contributed by atoms with Gasteiger partial charge in [0.1, 0.15) is 5.75 Å². The Balaban J connectivity index is 2.48. The summed E-state index contributed by atoms with van der Waals surface area (Å²) in [6, 6.07) is 7.72. The van der Waals surface area contributed by atoms with Crippen molar-refractivity contribution in [2.24, 2.45) is 5.73 Å². The first kappa shape index (κ1) is 15.5. The smallest absolute Gasteiger partial charge is 0.258 e. The Hall–Kier alpha value is -1.55. The second kappa shape index (κ2) is 7.79. The Labute approximate surface area is 115 Å². The lowest BCUT2D eigenvalue weighted by atomic mass is 10.1. The number of hydrogen-bond acceptors (Lipinski definition) is 3. The van der Waals surface area contributed by atoms with Gasteiger partial charge in [-0.05, 0) is 37.5 Å².